The van der Waals surface area contributed by atoms with Gasteiger partial charge in [-0.15, -0.1) is 0 Å². The molecule has 2 N–H and O–H groups in total. The second kappa shape index (κ2) is 7.47. The lowest BCUT2D eigenvalue weighted by atomic mass is 10.1. The minimum atomic E-state index is -0.00926. The SMILES string of the molecule is COc1cc(Cl)ccc1CNC(=O)CC1COCCN1. The van der Waals surface area contributed by atoms with Crippen LogP contribution in [0.4, 0.5) is 0 Å². The molecule has 2 rings (SSSR count). The van der Waals surface area contributed by atoms with Gasteiger partial charge < -0.3 is 20.1 Å². The molecule has 0 aromatic heterocycles. The third-order valence-corrected chi connectivity index (χ3v) is 3.39. The Morgan fingerprint density at radius 2 is 2.45 bits per heavy atom. The first-order valence-electron chi connectivity index (χ1n) is 6.59. The van der Waals surface area contributed by atoms with Crippen LogP contribution < -0.4 is 15.4 Å². The van der Waals surface area contributed by atoms with Crippen LogP contribution in [0.1, 0.15) is 12.0 Å². The van der Waals surface area contributed by atoms with Gasteiger partial charge >= 0.3 is 0 Å². The Morgan fingerprint density at radius 1 is 1.60 bits per heavy atom. The molecule has 0 aliphatic carbocycles. The zero-order chi connectivity index (χ0) is 14.4. The topological polar surface area (TPSA) is 59.6 Å². The summed E-state index contributed by atoms with van der Waals surface area (Å²) in [7, 11) is 1.58. The van der Waals surface area contributed by atoms with Gasteiger partial charge in [-0.25, -0.2) is 0 Å². The van der Waals surface area contributed by atoms with E-state index in [-0.39, 0.29) is 11.9 Å². The molecule has 5 nitrogen and oxygen atoms in total. The van der Waals surface area contributed by atoms with E-state index < -0.39 is 0 Å². The highest BCUT2D eigenvalue weighted by Crippen LogP contribution is 2.22. The molecule has 20 heavy (non-hydrogen) atoms. The quantitative estimate of drug-likeness (QED) is 0.861. The maximum absolute atomic E-state index is 11.9. The molecule has 1 heterocycles. The number of benzene rings is 1. The molecule has 0 spiro atoms. The van der Waals surface area contributed by atoms with E-state index in [4.69, 9.17) is 21.1 Å². The maximum Gasteiger partial charge on any atom is 0.221 e. The van der Waals surface area contributed by atoms with Gasteiger partial charge in [0.15, 0.2) is 0 Å². The third-order valence-electron chi connectivity index (χ3n) is 3.16. The zero-order valence-corrected chi connectivity index (χ0v) is 12.2. The van der Waals surface area contributed by atoms with Gasteiger partial charge in [0.05, 0.1) is 20.3 Å². The van der Waals surface area contributed by atoms with Crippen LogP contribution >= 0.6 is 11.6 Å². The van der Waals surface area contributed by atoms with E-state index in [1.807, 2.05) is 6.07 Å². The standard InChI is InChI=1S/C14H19ClN2O3/c1-19-13-6-11(15)3-2-10(13)8-17-14(18)7-12-9-20-5-4-16-12/h2-3,6,12,16H,4-5,7-9H2,1H3,(H,17,18). The Kier molecular flexibility index (Phi) is 5.64. The highest BCUT2D eigenvalue weighted by atomic mass is 35.5. The minimum Gasteiger partial charge on any atom is -0.496 e. The van der Waals surface area contributed by atoms with Crippen LogP contribution in [-0.4, -0.2) is 38.8 Å². The molecule has 1 aliphatic heterocycles. The van der Waals surface area contributed by atoms with Crippen molar-refractivity contribution in [1.29, 1.82) is 0 Å². The van der Waals surface area contributed by atoms with E-state index in [1.54, 1.807) is 19.2 Å². The third kappa shape index (κ3) is 4.37. The van der Waals surface area contributed by atoms with Crippen molar-refractivity contribution in [3.05, 3.63) is 28.8 Å². The lowest BCUT2D eigenvalue weighted by Gasteiger charge is -2.23. The van der Waals surface area contributed by atoms with Gasteiger partial charge in [0, 0.05) is 36.1 Å². The van der Waals surface area contributed by atoms with Crippen LogP contribution in [0.2, 0.25) is 5.02 Å². The number of hydrogen-bond acceptors (Lipinski definition) is 4. The van der Waals surface area contributed by atoms with Crippen LogP contribution in [0.15, 0.2) is 18.2 Å². The Balaban J connectivity index is 1.83. The number of carbonyl (C=O) groups is 1. The highest BCUT2D eigenvalue weighted by Gasteiger charge is 2.16. The molecule has 1 saturated heterocycles. The molecule has 1 aliphatic rings. The Hall–Kier alpha value is -1.30. The number of nitrogens with one attached hydrogen (secondary N) is 2. The summed E-state index contributed by atoms with van der Waals surface area (Å²) >= 11 is 5.90. The molecule has 1 fully saturated rings. The van der Waals surface area contributed by atoms with Crippen LogP contribution in [0.3, 0.4) is 0 Å². The monoisotopic (exact) mass is 298 g/mol. The van der Waals surface area contributed by atoms with Crippen LogP contribution in [-0.2, 0) is 16.1 Å². The van der Waals surface area contributed by atoms with Crippen molar-refractivity contribution in [2.75, 3.05) is 26.9 Å². The molecular formula is C14H19ClN2O3. The molecule has 1 unspecified atom stereocenters. The molecule has 1 aromatic carbocycles. The number of amides is 1. The second-order valence-electron chi connectivity index (χ2n) is 4.66. The molecule has 1 atom stereocenters. The van der Waals surface area contributed by atoms with Gasteiger partial charge in [-0.3, -0.25) is 4.79 Å². The average molecular weight is 299 g/mol. The number of ether oxygens (including phenoxy) is 2. The lowest BCUT2D eigenvalue weighted by molar-refractivity contribution is -0.122. The summed E-state index contributed by atoms with van der Waals surface area (Å²) in [6.07, 6.45) is 0.413. The average Bonchev–Trinajstić information content (AvgIpc) is 2.47. The van der Waals surface area contributed by atoms with Gasteiger partial charge in [-0.2, -0.15) is 0 Å². The predicted molar refractivity (Wildman–Crippen MR) is 77.1 cm³/mol. The number of morpholine rings is 1. The van der Waals surface area contributed by atoms with Crippen LogP contribution in [0, 0.1) is 0 Å². The number of methoxy groups -OCH3 is 1. The van der Waals surface area contributed by atoms with Crippen molar-refractivity contribution in [2.24, 2.45) is 0 Å². The zero-order valence-electron chi connectivity index (χ0n) is 11.4. The number of hydrogen-bond donors (Lipinski definition) is 2. The van der Waals surface area contributed by atoms with Gasteiger partial charge in [-0.1, -0.05) is 17.7 Å². The minimum absolute atomic E-state index is 0.00926. The molecule has 0 radical (unpaired) electrons. The number of rotatable bonds is 5. The molecule has 1 amide bonds. The fourth-order valence-corrected chi connectivity index (χ4v) is 2.27. The van der Waals surface area contributed by atoms with E-state index in [2.05, 4.69) is 10.6 Å². The van der Waals surface area contributed by atoms with Crippen LogP contribution in [0.5, 0.6) is 5.75 Å². The first kappa shape index (κ1) is 15.1. The van der Waals surface area contributed by atoms with Gasteiger partial charge in [-0.05, 0) is 12.1 Å². The smallest absolute Gasteiger partial charge is 0.221 e. The summed E-state index contributed by atoms with van der Waals surface area (Å²) in [6.45, 7) is 2.51. The summed E-state index contributed by atoms with van der Waals surface area (Å²) < 4.78 is 10.6. The number of halogens is 1. The molecule has 110 valence electrons. The van der Waals surface area contributed by atoms with Crippen molar-refractivity contribution in [1.82, 2.24) is 10.6 Å². The summed E-state index contributed by atoms with van der Waals surface area (Å²) in [4.78, 5) is 11.9. The van der Waals surface area contributed by atoms with Crippen molar-refractivity contribution in [3.63, 3.8) is 0 Å². The van der Waals surface area contributed by atoms with Crippen molar-refractivity contribution in [2.45, 2.75) is 19.0 Å². The summed E-state index contributed by atoms with van der Waals surface area (Å²) in [5.41, 5.74) is 0.901. The predicted octanol–water partition coefficient (Wildman–Crippen LogP) is 1.34. The largest absolute Gasteiger partial charge is 0.496 e. The molecule has 0 bridgehead atoms. The Labute approximate surface area is 123 Å². The van der Waals surface area contributed by atoms with Gasteiger partial charge in [0.2, 0.25) is 5.91 Å². The molecule has 1 aromatic rings. The summed E-state index contributed by atoms with van der Waals surface area (Å²) in [5.74, 6) is 0.668. The van der Waals surface area contributed by atoms with E-state index >= 15 is 0 Å². The first-order valence-corrected chi connectivity index (χ1v) is 6.97. The fourth-order valence-electron chi connectivity index (χ4n) is 2.11. The Bertz CT molecular complexity index is 462. The normalized spacial score (nSPS) is 18.6. The maximum atomic E-state index is 11.9. The first-order chi connectivity index (χ1) is 9.69. The Morgan fingerprint density at radius 3 is 3.15 bits per heavy atom. The van der Waals surface area contributed by atoms with Crippen molar-refractivity contribution < 1.29 is 14.3 Å². The molecule has 0 saturated carbocycles. The second-order valence-corrected chi connectivity index (χ2v) is 5.10. The molecular weight excluding hydrogens is 280 g/mol. The van der Waals surface area contributed by atoms with E-state index in [0.29, 0.717) is 37.0 Å². The van der Waals surface area contributed by atoms with Gasteiger partial charge in [0.25, 0.3) is 0 Å². The molecule has 6 heteroatoms. The van der Waals surface area contributed by atoms with E-state index in [9.17, 15) is 4.79 Å². The van der Waals surface area contributed by atoms with E-state index in [0.717, 1.165) is 12.1 Å². The summed E-state index contributed by atoms with van der Waals surface area (Å²) in [6, 6.07) is 5.46. The van der Waals surface area contributed by atoms with Crippen LogP contribution in [0.25, 0.3) is 0 Å². The van der Waals surface area contributed by atoms with E-state index in [1.165, 1.54) is 0 Å². The fraction of sp³-hybridized carbons (Fsp3) is 0.500. The summed E-state index contributed by atoms with van der Waals surface area (Å²) in [5, 5.41) is 6.74. The van der Waals surface area contributed by atoms with Gasteiger partial charge in [0.1, 0.15) is 5.75 Å². The van der Waals surface area contributed by atoms with Crippen molar-refractivity contribution >= 4 is 17.5 Å². The lowest BCUT2D eigenvalue weighted by Crippen LogP contribution is -2.44. The number of carbonyl (C=O) groups excluding carboxylic acids is 1. The highest BCUT2D eigenvalue weighted by molar-refractivity contribution is 6.30. The van der Waals surface area contributed by atoms with Crippen molar-refractivity contribution in [3.8, 4) is 5.75 Å².